The van der Waals surface area contributed by atoms with Gasteiger partial charge in [-0.2, -0.15) is 0 Å². The van der Waals surface area contributed by atoms with Gasteiger partial charge in [-0.05, 0) is 18.4 Å². The van der Waals surface area contributed by atoms with Crippen molar-refractivity contribution in [1.29, 1.82) is 0 Å². The van der Waals surface area contributed by atoms with E-state index in [9.17, 15) is 9.59 Å². The summed E-state index contributed by atoms with van der Waals surface area (Å²) in [6.45, 7) is 0.674. The van der Waals surface area contributed by atoms with Crippen LogP contribution in [-0.2, 0) is 11.3 Å². The van der Waals surface area contributed by atoms with Gasteiger partial charge >= 0.3 is 0 Å². The Morgan fingerprint density at radius 2 is 1.82 bits per heavy atom. The van der Waals surface area contributed by atoms with Crippen LogP contribution in [0.15, 0.2) is 47.6 Å². The maximum Gasteiger partial charge on any atom is 0.299 e. The number of Topliss-reactive ketones (excluding diaryl/α,β-unsaturated/α-hetero) is 1. The van der Waals surface area contributed by atoms with Crippen LogP contribution in [0, 0.1) is 0 Å². The minimum absolute atomic E-state index is 0. The summed E-state index contributed by atoms with van der Waals surface area (Å²) in [5.41, 5.74) is 2.20. The first-order chi connectivity index (χ1) is 10.1. The molecule has 4 nitrogen and oxygen atoms in total. The number of benzene rings is 1. The highest BCUT2D eigenvalue weighted by atomic mass is 79.9. The van der Waals surface area contributed by atoms with Gasteiger partial charge in [0.25, 0.3) is 11.7 Å². The molecule has 1 aromatic heterocycles. The summed E-state index contributed by atoms with van der Waals surface area (Å²) in [7, 11) is 1.63. The molecule has 6 heteroatoms. The van der Waals surface area contributed by atoms with Gasteiger partial charge in [-0.1, -0.05) is 6.07 Å². The van der Waals surface area contributed by atoms with Crippen LogP contribution in [0.3, 0.4) is 0 Å². The van der Waals surface area contributed by atoms with Crippen molar-refractivity contribution in [2.24, 2.45) is 0 Å². The lowest BCUT2D eigenvalue weighted by atomic mass is 10.1. The number of thioether (sulfide) groups is 1. The van der Waals surface area contributed by atoms with Crippen LogP contribution in [0.4, 0.5) is 5.69 Å². The molecular weight excluding hydrogens is 364 g/mol. The average Bonchev–Trinajstić information content (AvgIpc) is 2.73. The van der Waals surface area contributed by atoms with Gasteiger partial charge in [0.05, 0.1) is 11.3 Å². The molecule has 0 spiro atoms. The number of fused-ring (bicyclic) bond motifs is 1. The van der Waals surface area contributed by atoms with Crippen molar-refractivity contribution in [2.75, 3.05) is 18.2 Å². The maximum atomic E-state index is 11.9. The van der Waals surface area contributed by atoms with Crippen molar-refractivity contribution in [1.82, 2.24) is 0 Å². The van der Waals surface area contributed by atoms with Gasteiger partial charge in [0.2, 0.25) is 0 Å². The zero-order chi connectivity index (χ0) is 15.0. The monoisotopic (exact) mass is 378 g/mol. The third-order valence-electron chi connectivity index (χ3n) is 3.63. The van der Waals surface area contributed by atoms with E-state index < -0.39 is 11.7 Å². The molecule has 2 heterocycles. The molecule has 0 atom stereocenters. The highest BCUT2D eigenvalue weighted by Crippen LogP contribution is 2.28. The highest BCUT2D eigenvalue weighted by Gasteiger charge is 2.33. The topological polar surface area (TPSA) is 41.3 Å². The standard InChI is InChI=1S/C16H15N2O2S.BrH/c1-17-14-4-3-11(9-13(14)15(19)16(17)20)10-18-7-5-12(21-2)6-8-18;/h3-9H,10H2,1-2H3;1H/q+1;/p-1. The molecule has 0 aliphatic carbocycles. The van der Waals surface area contributed by atoms with Crippen molar-refractivity contribution in [3.05, 3.63) is 53.9 Å². The lowest BCUT2D eigenvalue weighted by Gasteiger charge is -2.08. The molecule has 114 valence electrons. The molecule has 1 aliphatic heterocycles. The van der Waals surface area contributed by atoms with Gasteiger partial charge in [-0.25, -0.2) is 4.57 Å². The summed E-state index contributed by atoms with van der Waals surface area (Å²) < 4.78 is 2.05. The third kappa shape index (κ3) is 2.94. The summed E-state index contributed by atoms with van der Waals surface area (Å²) in [6.07, 6.45) is 6.07. The second-order valence-electron chi connectivity index (χ2n) is 4.96. The molecule has 2 aromatic rings. The lowest BCUT2D eigenvalue weighted by molar-refractivity contribution is -0.688. The number of nitrogens with zero attached hydrogens (tertiary/aromatic N) is 2. The van der Waals surface area contributed by atoms with E-state index in [0.29, 0.717) is 17.8 Å². The molecule has 0 bridgehead atoms. The fraction of sp³-hybridized carbons (Fsp3) is 0.188. The van der Waals surface area contributed by atoms with Gasteiger partial charge in [-0.3, -0.25) is 9.59 Å². The van der Waals surface area contributed by atoms with Gasteiger partial charge < -0.3 is 21.9 Å². The van der Waals surface area contributed by atoms with Crippen LogP contribution in [0.2, 0.25) is 0 Å². The van der Waals surface area contributed by atoms with Crippen LogP contribution in [0.5, 0.6) is 0 Å². The van der Waals surface area contributed by atoms with Crippen LogP contribution in [0.1, 0.15) is 15.9 Å². The number of halogens is 1. The Hall–Kier alpha value is -1.66. The number of pyridine rings is 1. The Kier molecular flexibility index (Phi) is 5.03. The molecule has 0 radical (unpaired) electrons. The summed E-state index contributed by atoms with van der Waals surface area (Å²) in [6, 6.07) is 9.72. The minimum Gasteiger partial charge on any atom is -1.00 e. The normalized spacial score (nSPS) is 13.1. The van der Waals surface area contributed by atoms with E-state index in [1.165, 1.54) is 9.80 Å². The average molecular weight is 379 g/mol. The predicted molar refractivity (Wildman–Crippen MR) is 81.7 cm³/mol. The number of carbonyl (C=O) groups is 2. The van der Waals surface area contributed by atoms with Crippen molar-refractivity contribution >= 4 is 29.1 Å². The third-order valence-corrected chi connectivity index (χ3v) is 4.37. The summed E-state index contributed by atoms with van der Waals surface area (Å²) in [5, 5.41) is 0. The predicted octanol–water partition coefficient (Wildman–Crippen LogP) is -1.09. The molecule has 0 fully saturated rings. The number of aromatic nitrogens is 1. The first-order valence-electron chi connectivity index (χ1n) is 6.58. The summed E-state index contributed by atoms with van der Waals surface area (Å²) in [4.78, 5) is 26.2. The first kappa shape index (κ1) is 16.7. The molecule has 1 aromatic carbocycles. The molecule has 22 heavy (non-hydrogen) atoms. The molecule has 1 aliphatic rings. The van der Waals surface area contributed by atoms with Crippen LogP contribution in [-0.4, -0.2) is 25.0 Å². The molecule has 0 N–H and O–H groups in total. The number of carbonyl (C=O) groups excluding carboxylic acids is 2. The van der Waals surface area contributed by atoms with E-state index in [4.69, 9.17) is 0 Å². The second kappa shape index (κ2) is 6.62. The lowest BCUT2D eigenvalue weighted by Crippen LogP contribution is -3.00. The fourth-order valence-electron chi connectivity index (χ4n) is 2.43. The number of hydrogen-bond acceptors (Lipinski definition) is 3. The summed E-state index contributed by atoms with van der Waals surface area (Å²) in [5.74, 6) is -0.879. The van der Waals surface area contributed by atoms with Gasteiger partial charge in [0, 0.05) is 29.6 Å². The van der Waals surface area contributed by atoms with E-state index in [1.807, 2.05) is 41.4 Å². The zero-order valence-corrected chi connectivity index (χ0v) is 14.6. The Morgan fingerprint density at radius 3 is 2.45 bits per heavy atom. The van der Waals surface area contributed by atoms with Gasteiger partial charge in [0.1, 0.15) is 0 Å². The van der Waals surface area contributed by atoms with E-state index in [-0.39, 0.29) is 17.0 Å². The van der Waals surface area contributed by atoms with E-state index in [2.05, 4.69) is 12.1 Å². The molecular formula is C16H15BrN2O2S. The van der Waals surface area contributed by atoms with E-state index in [0.717, 1.165) is 5.56 Å². The Balaban J connectivity index is 0.00000176. The minimum atomic E-state index is -0.459. The number of amides is 1. The van der Waals surface area contributed by atoms with Gasteiger partial charge in [-0.15, -0.1) is 11.8 Å². The second-order valence-corrected chi connectivity index (χ2v) is 5.83. The molecule has 0 saturated heterocycles. The first-order valence-corrected chi connectivity index (χ1v) is 7.81. The summed E-state index contributed by atoms with van der Waals surface area (Å²) >= 11 is 1.70. The Morgan fingerprint density at radius 1 is 1.14 bits per heavy atom. The quantitative estimate of drug-likeness (QED) is 0.387. The number of rotatable bonds is 3. The van der Waals surface area contributed by atoms with Crippen LogP contribution >= 0.6 is 11.8 Å². The smallest absolute Gasteiger partial charge is 0.299 e. The van der Waals surface area contributed by atoms with Crippen molar-refractivity contribution in [3.8, 4) is 0 Å². The molecule has 0 unspecified atom stereocenters. The van der Waals surface area contributed by atoms with Crippen LogP contribution < -0.4 is 26.4 Å². The molecule has 3 rings (SSSR count). The highest BCUT2D eigenvalue weighted by molar-refractivity contribution is 7.98. The maximum absolute atomic E-state index is 11.9. The van der Waals surface area contributed by atoms with E-state index >= 15 is 0 Å². The number of ketones is 1. The number of likely N-dealkylation sites (N-methyl/N-ethyl adjacent to an activating group) is 1. The van der Waals surface area contributed by atoms with E-state index in [1.54, 1.807) is 18.8 Å². The number of anilines is 1. The molecule has 1 amide bonds. The SMILES string of the molecule is CSc1cc[n+](Cc2ccc3c(c2)C(=O)C(=O)N3C)cc1.[Br-]. The molecule has 0 saturated carbocycles. The van der Waals surface area contributed by atoms with Gasteiger partial charge in [0.15, 0.2) is 18.9 Å². The fourth-order valence-corrected chi connectivity index (χ4v) is 2.82. The van der Waals surface area contributed by atoms with Crippen LogP contribution in [0.25, 0.3) is 0 Å². The largest absolute Gasteiger partial charge is 1.00 e. The Labute approximate surface area is 143 Å². The van der Waals surface area contributed by atoms with Crippen molar-refractivity contribution < 1.29 is 31.1 Å². The van der Waals surface area contributed by atoms with Crippen molar-refractivity contribution in [2.45, 2.75) is 11.4 Å². The van der Waals surface area contributed by atoms with Crippen molar-refractivity contribution in [3.63, 3.8) is 0 Å². The zero-order valence-electron chi connectivity index (χ0n) is 12.2. The number of hydrogen-bond donors (Lipinski definition) is 0. The Bertz CT molecular complexity index is 731.